The van der Waals surface area contributed by atoms with Gasteiger partial charge >= 0.3 is 0 Å². The first-order valence-electron chi connectivity index (χ1n) is 5.33. The van der Waals surface area contributed by atoms with E-state index in [1.807, 2.05) is 7.05 Å². The van der Waals surface area contributed by atoms with Gasteiger partial charge in [0.25, 0.3) is 0 Å². The minimum Gasteiger partial charge on any atom is -0.338 e. The largest absolute Gasteiger partial charge is 0.338 e. The molecule has 14 heavy (non-hydrogen) atoms. The maximum absolute atomic E-state index is 5.21. The molecule has 0 saturated heterocycles. The van der Waals surface area contributed by atoms with Crippen LogP contribution in [0.15, 0.2) is 4.52 Å². The predicted molar refractivity (Wildman–Crippen MR) is 52.8 cm³/mol. The molecule has 1 saturated carbocycles. The fourth-order valence-corrected chi connectivity index (χ4v) is 1.57. The Kier molecular flexibility index (Phi) is 2.82. The summed E-state index contributed by atoms with van der Waals surface area (Å²) in [6, 6.07) is 0.204. The van der Waals surface area contributed by atoms with Crippen molar-refractivity contribution in [2.24, 2.45) is 5.92 Å². The van der Waals surface area contributed by atoms with Crippen LogP contribution in [0.2, 0.25) is 0 Å². The van der Waals surface area contributed by atoms with Gasteiger partial charge in [0.1, 0.15) is 0 Å². The number of aromatic nitrogens is 2. The minimum atomic E-state index is 0.204. The molecule has 1 aromatic rings. The molecule has 0 radical (unpaired) electrons. The van der Waals surface area contributed by atoms with E-state index in [2.05, 4.69) is 22.4 Å². The average Bonchev–Trinajstić information content (AvgIpc) is 2.88. The van der Waals surface area contributed by atoms with Crippen molar-refractivity contribution in [1.29, 1.82) is 0 Å². The van der Waals surface area contributed by atoms with E-state index in [-0.39, 0.29) is 6.04 Å². The zero-order valence-corrected chi connectivity index (χ0v) is 8.79. The smallest absolute Gasteiger partial charge is 0.243 e. The first-order valence-corrected chi connectivity index (χ1v) is 5.33. The number of hydrogen-bond donors (Lipinski definition) is 1. The molecule has 0 spiro atoms. The second-order valence-electron chi connectivity index (χ2n) is 3.95. The highest BCUT2D eigenvalue weighted by Gasteiger charge is 2.24. The van der Waals surface area contributed by atoms with Crippen molar-refractivity contribution in [3.8, 4) is 0 Å². The Hall–Kier alpha value is -0.900. The Morgan fingerprint density at radius 2 is 2.36 bits per heavy atom. The van der Waals surface area contributed by atoms with Gasteiger partial charge in [0.05, 0.1) is 6.04 Å². The highest BCUT2D eigenvalue weighted by molar-refractivity contribution is 4.95. The molecule has 0 bridgehead atoms. The van der Waals surface area contributed by atoms with Crippen LogP contribution in [0.5, 0.6) is 0 Å². The predicted octanol–water partition coefficient (Wildman–Crippen LogP) is 1.69. The number of rotatable bonds is 5. The molecule has 1 atom stereocenters. The summed E-state index contributed by atoms with van der Waals surface area (Å²) in [6.07, 6.45) is 4.62. The van der Waals surface area contributed by atoms with Gasteiger partial charge in [-0.15, -0.1) is 0 Å². The lowest BCUT2D eigenvalue weighted by molar-refractivity contribution is 0.331. The number of nitrogens with zero attached hydrogens (tertiary/aromatic N) is 2. The second-order valence-corrected chi connectivity index (χ2v) is 3.95. The topological polar surface area (TPSA) is 51.0 Å². The van der Waals surface area contributed by atoms with Crippen LogP contribution < -0.4 is 5.32 Å². The highest BCUT2D eigenvalue weighted by Crippen LogP contribution is 2.31. The third kappa shape index (κ3) is 2.12. The zero-order chi connectivity index (χ0) is 9.97. The maximum atomic E-state index is 5.21. The van der Waals surface area contributed by atoms with Gasteiger partial charge in [0, 0.05) is 6.42 Å². The lowest BCUT2D eigenvalue weighted by atomic mass is 10.2. The summed E-state index contributed by atoms with van der Waals surface area (Å²) < 4.78 is 5.21. The third-order valence-corrected chi connectivity index (χ3v) is 2.71. The van der Waals surface area contributed by atoms with E-state index in [4.69, 9.17) is 4.52 Å². The Morgan fingerprint density at radius 3 is 2.93 bits per heavy atom. The first-order chi connectivity index (χ1) is 6.83. The molecule has 1 aliphatic rings. The van der Waals surface area contributed by atoms with Crippen LogP contribution in [0, 0.1) is 5.92 Å². The Balaban J connectivity index is 1.99. The summed E-state index contributed by atoms with van der Waals surface area (Å²) in [5.41, 5.74) is 0. The normalized spacial score (nSPS) is 18.4. The van der Waals surface area contributed by atoms with Gasteiger partial charge < -0.3 is 9.84 Å². The van der Waals surface area contributed by atoms with Gasteiger partial charge in [-0.05, 0) is 32.2 Å². The second kappa shape index (κ2) is 4.09. The van der Waals surface area contributed by atoms with Gasteiger partial charge in [-0.25, -0.2) is 0 Å². The number of hydrogen-bond acceptors (Lipinski definition) is 4. The molecule has 2 rings (SSSR count). The molecule has 1 heterocycles. The Bertz CT molecular complexity index is 289. The third-order valence-electron chi connectivity index (χ3n) is 2.71. The quantitative estimate of drug-likeness (QED) is 0.776. The molecule has 1 aromatic heterocycles. The summed E-state index contributed by atoms with van der Waals surface area (Å²) in [4.78, 5) is 4.39. The molecular formula is C10H17N3O. The molecule has 0 amide bonds. The highest BCUT2D eigenvalue weighted by atomic mass is 16.5. The molecule has 0 aromatic carbocycles. The summed E-state index contributed by atoms with van der Waals surface area (Å²) in [5, 5.41) is 7.14. The Labute approximate surface area is 84.1 Å². The van der Waals surface area contributed by atoms with Crippen molar-refractivity contribution in [2.45, 2.75) is 38.6 Å². The fourth-order valence-electron chi connectivity index (χ4n) is 1.57. The lowest BCUT2D eigenvalue weighted by Crippen LogP contribution is -2.15. The van der Waals surface area contributed by atoms with Crippen LogP contribution in [0.25, 0.3) is 0 Å². The van der Waals surface area contributed by atoms with Crippen LogP contribution in [-0.2, 0) is 6.42 Å². The zero-order valence-electron chi connectivity index (χ0n) is 8.79. The van der Waals surface area contributed by atoms with Crippen molar-refractivity contribution < 1.29 is 4.52 Å². The monoisotopic (exact) mass is 195 g/mol. The summed E-state index contributed by atoms with van der Waals surface area (Å²) in [5.74, 6) is 2.41. The van der Waals surface area contributed by atoms with Gasteiger partial charge in [-0.2, -0.15) is 4.98 Å². The molecule has 1 aliphatic carbocycles. The van der Waals surface area contributed by atoms with Gasteiger partial charge in [-0.3, -0.25) is 0 Å². The van der Waals surface area contributed by atoms with Crippen molar-refractivity contribution >= 4 is 0 Å². The van der Waals surface area contributed by atoms with E-state index in [1.54, 1.807) is 0 Å². The summed E-state index contributed by atoms with van der Waals surface area (Å²) in [6.45, 7) is 2.10. The van der Waals surface area contributed by atoms with Gasteiger partial charge in [-0.1, -0.05) is 12.1 Å². The van der Waals surface area contributed by atoms with Gasteiger partial charge in [0.2, 0.25) is 5.89 Å². The molecule has 1 unspecified atom stereocenters. The van der Waals surface area contributed by atoms with E-state index >= 15 is 0 Å². The molecular weight excluding hydrogens is 178 g/mol. The van der Waals surface area contributed by atoms with E-state index in [1.165, 1.54) is 12.8 Å². The molecule has 0 aliphatic heterocycles. The van der Waals surface area contributed by atoms with E-state index in [9.17, 15) is 0 Å². The van der Waals surface area contributed by atoms with Crippen LogP contribution in [0.4, 0.5) is 0 Å². The van der Waals surface area contributed by atoms with Gasteiger partial charge in [0.15, 0.2) is 5.82 Å². The molecule has 4 heteroatoms. The van der Waals surface area contributed by atoms with Crippen LogP contribution in [0.1, 0.15) is 43.9 Å². The van der Waals surface area contributed by atoms with Crippen LogP contribution in [-0.4, -0.2) is 17.2 Å². The van der Waals surface area contributed by atoms with E-state index in [0.717, 1.165) is 30.5 Å². The molecule has 4 nitrogen and oxygen atoms in total. The van der Waals surface area contributed by atoms with Crippen molar-refractivity contribution in [3.63, 3.8) is 0 Å². The first kappa shape index (κ1) is 9.65. The average molecular weight is 195 g/mol. The maximum Gasteiger partial charge on any atom is 0.243 e. The SMILES string of the molecule is CCC(NC)c1nc(CC2CC2)no1. The standard InChI is InChI=1S/C10H17N3O/c1-3-8(11-2)10-12-9(13-14-10)6-7-4-5-7/h7-8,11H,3-6H2,1-2H3. The molecule has 78 valence electrons. The molecule has 1 fully saturated rings. The van der Waals surface area contributed by atoms with E-state index < -0.39 is 0 Å². The van der Waals surface area contributed by atoms with Crippen LogP contribution >= 0.6 is 0 Å². The van der Waals surface area contributed by atoms with Crippen molar-refractivity contribution in [3.05, 3.63) is 11.7 Å². The van der Waals surface area contributed by atoms with Crippen molar-refractivity contribution in [2.75, 3.05) is 7.05 Å². The lowest BCUT2D eigenvalue weighted by Gasteiger charge is -2.06. The fraction of sp³-hybridized carbons (Fsp3) is 0.800. The van der Waals surface area contributed by atoms with Crippen molar-refractivity contribution in [1.82, 2.24) is 15.5 Å². The van der Waals surface area contributed by atoms with Crippen LogP contribution in [0.3, 0.4) is 0 Å². The van der Waals surface area contributed by atoms with E-state index in [0.29, 0.717) is 0 Å². The molecule has 1 N–H and O–H groups in total. The summed E-state index contributed by atoms with van der Waals surface area (Å²) in [7, 11) is 1.92. The minimum absolute atomic E-state index is 0.204. The Morgan fingerprint density at radius 1 is 1.57 bits per heavy atom. The summed E-state index contributed by atoms with van der Waals surface area (Å²) >= 11 is 0. The number of nitrogens with one attached hydrogen (secondary N) is 1.